The Labute approximate surface area is 580 Å². The van der Waals surface area contributed by atoms with Crippen LogP contribution in [0.4, 0.5) is 0 Å². The number of carbonyl (C=O) groups is 6. The molecule has 0 aromatic carbocycles. The SMILES string of the molecule is CC(=O)N[C@H]1[C@H](O[C@@H]2[C@H](O[C@]3(C(=O)O)C[C@H](O)[C@@H](NC(=O)CO)[C@H]([C@H](O)[C@H](O)CO)O3)[C@@H](O)[C@H](O[C@H]3[C@@H](O)[C@@H](CO)O[C@@H](O[C@@H]4[C@H](O[C@]5(C(=O)O)C[C@H](O)[C@@H](NC(C)=O)[C@H]([C@H](O)[C@H](O)CO)O5)[C@@H](O)[C@H](O[C@H]5[C@H](O)[C@@H](O)[C@H](O)O[C@@H]5CO)O[C@@H]4CO)[C@@H]3NC(C)=O)O[C@@H]2CO)O[C@H](CO)[C@H](O)[C@@H]1O. The molecule has 0 aromatic rings. The number of aliphatic hydroxyl groups is 22. The van der Waals surface area contributed by atoms with Gasteiger partial charge in [-0.25, -0.2) is 9.59 Å². The van der Waals surface area contributed by atoms with Crippen molar-refractivity contribution in [3.05, 3.63) is 0 Å². The number of carbonyl (C=O) groups excluding carboxylic acids is 4. The highest BCUT2D eigenvalue weighted by molar-refractivity contribution is 5.79. The van der Waals surface area contributed by atoms with Gasteiger partial charge < -0.3 is 205 Å². The first-order valence-corrected chi connectivity index (χ1v) is 32.0. The van der Waals surface area contributed by atoms with Crippen LogP contribution in [-0.2, 0) is 90.3 Å². The van der Waals surface area contributed by atoms with Crippen molar-refractivity contribution in [3.63, 3.8) is 0 Å². The molecule has 0 saturated carbocycles. The average molecular weight is 1510 g/mol. The predicted octanol–water partition coefficient (Wildman–Crippen LogP) is -18.3. The van der Waals surface area contributed by atoms with E-state index in [4.69, 9.17) is 61.6 Å². The van der Waals surface area contributed by atoms with Crippen molar-refractivity contribution in [1.82, 2.24) is 21.3 Å². The molecule has 28 N–H and O–H groups in total. The molecular formula is C56H92N4O43. The summed E-state index contributed by atoms with van der Waals surface area (Å²) in [5.41, 5.74) is 0. The summed E-state index contributed by atoms with van der Waals surface area (Å²) in [7, 11) is 0. The quantitative estimate of drug-likeness (QED) is 0.0318. The standard InChI is InChI=1S/C56H92N4O43/c1-14(69)57-27-17(72)4-55(53(87)88,100-44(27)31(77)19(74)6-61)102-46-38(84)51(96-40-23(10-65)91-48(86)37(83)36(40)82)94-25(12-67)42(46)98-50-30(59-16(3)71)43(34(80)22(9-64)93-50)99-52-39(85)47(41(24(11-66)95-52)97-49-29(58-15(2)70)35(81)33(79)21(8-63)92-49)103-56(54(89)90)5-18(73)28(60-26(76)13-68)45(101-56)32(78)20(75)7-62/h17-25,27-52,61-68,72-75,77-86H,4-13H2,1-3H3,(H,57,69)(H,58,70)(H,59,71)(H,60,76)(H,87,88)(H,89,90)/t17-,18-,19+,20+,21+,22+,23+,24+,25+,27+,28+,29+,30+,31+,32+,33-,34-,35+,36+,37+,38+,39+,40+,41-,42-,43+,44+,45+,46+,47+,48+,49-,50-,51-,52-,55-,56-/m0/s1. The first-order chi connectivity index (χ1) is 48.5. The largest absolute Gasteiger partial charge is 0.477 e. The summed E-state index contributed by atoms with van der Waals surface area (Å²) in [6.07, 6.45) is -74.7. The van der Waals surface area contributed by atoms with Crippen LogP contribution < -0.4 is 21.3 Å². The fourth-order valence-corrected chi connectivity index (χ4v) is 13.0. The molecule has 0 unspecified atom stereocenters. The third kappa shape index (κ3) is 18.8. The minimum absolute atomic E-state index is 0.816. The second-order valence-corrected chi connectivity index (χ2v) is 25.4. The molecular weight excluding hydrogens is 1420 g/mol. The second kappa shape index (κ2) is 36.5. The zero-order chi connectivity index (χ0) is 76.8. The first kappa shape index (κ1) is 85.7. The van der Waals surface area contributed by atoms with Crippen molar-refractivity contribution in [2.45, 2.75) is 260 Å². The van der Waals surface area contributed by atoms with Crippen LogP contribution in [0, 0.1) is 0 Å². The Bertz CT molecular complexity index is 2790. The van der Waals surface area contributed by atoms with Crippen molar-refractivity contribution in [2.24, 2.45) is 0 Å². The molecule has 37 atom stereocenters. The molecule has 7 aliphatic heterocycles. The lowest BCUT2D eigenvalue weighted by molar-refractivity contribution is -0.407. The zero-order valence-electron chi connectivity index (χ0n) is 54.8. The third-order valence-electron chi connectivity index (χ3n) is 18.2. The molecule has 0 radical (unpaired) electrons. The average Bonchev–Trinajstić information content (AvgIpc) is 0.751. The van der Waals surface area contributed by atoms with E-state index in [0.717, 1.165) is 20.8 Å². The van der Waals surface area contributed by atoms with E-state index in [1.807, 2.05) is 0 Å². The molecule has 0 bridgehead atoms. The molecule has 7 aliphatic rings. The number of aliphatic carboxylic acids is 2. The van der Waals surface area contributed by atoms with E-state index in [2.05, 4.69) is 21.3 Å². The highest BCUT2D eigenvalue weighted by Gasteiger charge is 2.65. The van der Waals surface area contributed by atoms with Crippen LogP contribution in [0.3, 0.4) is 0 Å². The van der Waals surface area contributed by atoms with Gasteiger partial charge in [-0.2, -0.15) is 0 Å². The van der Waals surface area contributed by atoms with Gasteiger partial charge in [0.1, 0.15) is 165 Å². The molecule has 7 fully saturated rings. The summed E-state index contributed by atoms with van der Waals surface area (Å²) in [4.78, 5) is 78.6. The minimum Gasteiger partial charge on any atom is -0.477 e. The molecule has 0 aromatic heterocycles. The van der Waals surface area contributed by atoms with Crippen molar-refractivity contribution < 1.29 is 213 Å². The molecule has 47 nitrogen and oxygen atoms in total. The van der Waals surface area contributed by atoms with E-state index < -0.39 is 327 Å². The third-order valence-corrected chi connectivity index (χ3v) is 18.2. The fourth-order valence-electron chi connectivity index (χ4n) is 13.0. The van der Waals surface area contributed by atoms with E-state index in [9.17, 15) is 151 Å². The molecule has 0 spiro atoms. The molecule has 7 saturated heterocycles. The van der Waals surface area contributed by atoms with Gasteiger partial charge in [-0.05, 0) is 0 Å². The number of rotatable bonds is 30. The van der Waals surface area contributed by atoms with Crippen molar-refractivity contribution >= 4 is 35.6 Å². The summed E-state index contributed by atoms with van der Waals surface area (Å²) >= 11 is 0. The van der Waals surface area contributed by atoms with E-state index in [1.54, 1.807) is 0 Å². The molecule has 103 heavy (non-hydrogen) atoms. The van der Waals surface area contributed by atoms with Gasteiger partial charge in [-0.1, -0.05) is 0 Å². The Hall–Kier alpha value is -4.58. The Morgan fingerprint density at radius 1 is 0.398 bits per heavy atom. The molecule has 4 amide bonds. The number of carboxylic acid groups (broad SMARTS) is 2. The topological polar surface area (TPSA) is 756 Å². The van der Waals surface area contributed by atoms with Gasteiger partial charge in [0.15, 0.2) is 31.5 Å². The van der Waals surface area contributed by atoms with Gasteiger partial charge in [0.25, 0.3) is 11.6 Å². The highest BCUT2D eigenvalue weighted by Crippen LogP contribution is 2.43. The van der Waals surface area contributed by atoms with E-state index in [1.165, 1.54) is 0 Å². The predicted molar refractivity (Wildman–Crippen MR) is 314 cm³/mol. The van der Waals surface area contributed by atoms with E-state index in [-0.39, 0.29) is 0 Å². The number of hydrogen-bond acceptors (Lipinski definition) is 41. The minimum atomic E-state index is -3.57. The van der Waals surface area contributed by atoms with Crippen LogP contribution in [0.1, 0.15) is 33.6 Å². The van der Waals surface area contributed by atoms with Crippen LogP contribution in [0.25, 0.3) is 0 Å². The summed E-state index contributed by atoms with van der Waals surface area (Å²) in [5, 5.41) is 272. The van der Waals surface area contributed by atoms with Gasteiger partial charge in [0, 0.05) is 33.6 Å². The van der Waals surface area contributed by atoms with Crippen LogP contribution in [0.5, 0.6) is 0 Å². The molecule has 47 heteroatoms. The van der Waals surface area contributed by atoms with Crippen LogP contribution in [0.15, 0.2) is 0 Å². The smallest absolute Gasteiger partial charge is 0.364 e. The van der Waals surface area contributed by atoms with Gasteiger partial charge in [-0.3, -0.25) is 19.2 Å². The molecule has 7 heterocycles. The Kier molecular flexibility index (Phi) is 30.4. The van der Waals surface area contributed by atoms with Crippen molar-refractivity contribution in [2.75, 3.05) is 52.9 Å². The van der Waals surface area contributed by atoms with Crippen molar-refractivity contribution in [1.29, 1.82) is 0 Å². The van der Waals surface area contributed by atoms with Crippen LogP contribution in [0.2, 0.25) is 0 Å². The summed E-state index contributed by atoms with van der Waals surface area (Å²) in [6, 6.07) is -8.04. The molecule has 7 rings (SSSR count). The van der Waals surface area contributed by atoms with Gasteiger partial charge in [-0.15, -0.1) is 0 Å². The van der Waals surface area contributed by atoms with Gasteiger partial charge in [0.05, 0.1) is 70.5 Å². The lowest BCUT2D eigenvalue weighted by Gasteiger charge is -2.53. The van der Waals surface area contributed by atoms with Gasteiger partial charge in [0.2, 0.25) is 23.6 Å². The van der Waals surface area contributed by atoms with E-state index in [0.29, 0.717) is 0 Å². The maximum atomic E-state index is 13.8. The lowest BCUT2D eigenvalue weighted by Crippen LogP contribution is -2.73. The van der Waals surface area contributed by atoms with Crippen LogP contribution in [-0.4, -0.2) is 437 Å². The Balaban J connectivity index is 1.35. The molecule has 594 valence electrons. The van der Waals surface area contributed by atoms with E-state index >= 15 is 0 Å². The monoisotopic (exact) mass is 1510 g/mol. The normalized spacial score (nSPS) is 44.3. The molecule has 0 aliphatic carbocycles. The van der Waals surface area contributed by atoms with Gasteiger partial charge >= 0.3 is 11.9 Å². The summed E-state index contributed by atoms with van der Waals surface area (Å²) < 4.78 is 77.0. The zero-order valence-corrected chi connectivity index (χ0v) is 54.8. The highest BCUT2D eigenvalue weighted by atomic mass is 16.8. The van der Waals surface area contributed by atoms with Crippen LogP contribution >= 0.6 is 0 Å². The Morgan fingerprint density at radius 3 is 1.16 bits per heavy atom. The number of hydrogen-bond donors (Lipinski definition) is 28. The second-order valence-electron chi connectivity index (χ2n) is 25.4. The Morgan fingerprint density at radius 2 is 0.757 bits per heavy atom. The number of nitrogens with one attached hydrogen (secondary N) is 4. The maximum absolute atomic E-state index is 13.8. The number of amides is 4. The number of carboxylic acids is 2. The number of aliphatic hydroxyl groups excluding tert-OH is 22. The first-order valence-electron chi connectivity index (χ1n) is 32.0. The maximum Gasteiger partial charge on any atom is 0.364 e. The lowest BCUT2D eigenvalue weighted by atomic mass is 9.88. The van der Waals surface area contributed by atoms with Crippen molar-refractivity contribution in [3.8, 4) is 0 Å². The summed E-state index contributed by atoms with van der Waals surface area (Å²) in [5.74, 6) is -16.0. The summed E-state index contributed by atoms with van der Waals surface area (Å²) in [6.45, 7) is -7.61. The fraction of sp³-hybridized carbons (Fsp3) is 0.893. The number of ether oxygens (including phenoxy) is 13.